The van der Waals surface area contributed by atoms with Crippen molar-refractivity contribution < 1.29 is 9.53 Å². The van der Waals surface area contributed by atoms with Gasteiger partial charge in [0.1, 0.15) is 0 Å². The van der Waals surface area contributed by atoms with E-state index in [1.807, 2.05) is 0 Å². The highest BCUT2D eigenvalue weighted by Gasteiger charge is 2.16. The molecule has 1 aromatic heterocycles. The monoisotopic (exact) mass is 209 g/mol. The minimum absolute atomic E-state index is 0.0846. The molecule has 15 heavy (non-hydrogen) atoms. The van der Waals surface area contributed by atoms with Gasteiger partial charge < -0.3 is 10.1 Å². The summed E-state index contributed by atoms with van der Waals surface area (Å²) in [5, 5.41) is 6.78. The number of rotatable bonds is 3. The highest BCUT2D eigenvalue weighted by Crippen LogP contribution is 2.10. The van der Waals surface area contributed by atoms with Crippen LogP contribution in [0, 0.1) is 0 Å². The summed E-state index contributed by atoms with van der Waals surface area (Å²) in [6.07, 6.45) is 5.57. The lowest BCUT2D eigenvalue weighted by atomic mass is 10.2. The number of aromatic nitrogens is 2. The van der Waals surface area contributed by atoms with Crippen LogP contribution in [0.15, 0.2) is 12.4 Å². The lowest BCUT2D eigenvalue weighted by Gasteiger charge is -2.09. The Hall–Kier alpha value is -1.36. The molecule has 1 aliphatic heterocycles. The standard InChI is InChI=1S/C10H15N3O2/c1-13-7-8(5-12-13)10(14)11-6-9-3-2-4-15-9/h5,7,9H,2-4,6H2,1H3,(H,11,14)/t9-/m0/s1. The number of hydrogen-bond donors (Lipinski definition) is 1. The van der Waals surface area contributed by atoms with Gasteiger partial charge in [0.05, 0.1) is 17.9 Å². The summed E-state index contributed by atoms with van der Waals surface area (Å²) in [5.74, 6) is -0.0846. The maximum atomic E-state index is 11.6. The summed E-state index contributed by atoms with van der Waals surface area (Å²) in [5.41, 5.74) is 0.593. The van der Waals surface area contributed by atoms with E-state index in [-0.39, 0.29) is 12.0 Å². The third kappa shape index (κ3) is 2.56. The van der Waals surface area contributed by atoms with Gasteiger partial charge in [-0.25, -0.2) is 0 Å². The molecule has 2 heterocycles. The number of nitrogens with zero attached hydrogens (tertiary/aromatic N) is 2. The number of ether oxygens (including phenoxy) is 1. The first-order valence-electron chi connectivity index (χ1n) is 5.14. The predicted octanol–water partition coefficient (Wildman–Crippen LogP) is 0.329. The third-order valence-electron chi connectivity index (χ3n) is 2.48. The molecule has 5 heteroatoms. The van der Waals surface area contributed by atoms with Gasteiger partial charge in [-0.2, -0.15) is 5.10 Å². The zero-order chi connectivity index (χ0) is 10.7. The second-order valence-corrected chi connectivity index (χ2v) is 3.75. The van der Waals surface area contributed by atoms with E-state index in [2.05, 4.69) is 10.4 Å². The maximum Gasteiger partial charge on any atom is 0.254 e. The summed E-state index contributed by atoms with van der Waals surface area (Å²) in [7, 11) is 1.79. The van der Waals surface area contributed by atoms with E-state index in [0.29, 0.717) is 12.1 Å². The average Bonchev–Trinajstić information content (AvgIpc) is 2.84. The van der Waals surface area contributed by atoms with Crippen LogP contribution in [0.25, 0.3) is 0 Å². The maximum absolute atomic E-state index is 11.6. The number of hydrogen-bond acceptors (Lipinski definition) is 3. The summed E-state index contributed by atoms with van der Waals surface area (Å²) >= 11 is 0. The van der Waals surface area contributed by atoms with Crippen LogP contribution in [-0.4, -0.2) is 34.9 Å². The van der Waals surface area contributed by atoms with Crippen molar-refractivity contribution in [3.63, 3.8) is 0 Å². The van der Waals surface area contributed by atoms with Gasteiger partial charge in [-0.05, 0) is 12.8 Å². The largest absolute Gasteiger partial charge is 0.376 e. The van der Waals surface area contributed by atoms with Crippen molar-refractivity contribution in [1.82, 2.24) is 15.1 Å². The van der Waals surface area contributed by atoms with E-state index < -0.39 is 0 Å². The topological polar surface area (TPSA) is 56.2 Å². The summed E-state index contributed by atoms with van der Waals surface area (Å²) in [4.78, 5) is 11.6. The molecule has 5 nitrogen and oxygen atoms in total. The first-order chi connectivity index (χ1) is 7.25. The van der Waals surface area contributed by atoms with Crippen LogP contribution in [0.3, 0.4) is 0 Å². The smallest absolute Gasteiger partial charge is 0.254 e. The number of carbonyl (C=O) groups excluding carboxylic acids is 1. The second kappa shape index (κ2) is 4.44. The molecule has 0 spiro atoms. The fourth-order valence-corrected chi connectivity index (χ4v) is 1.65. The van der Waals surface area contributed by atoms with E-state index in [1.165, 1.54) is 0 Å². The number of nitrogens with one attached hydrogen (secondary N) is 1. The van der Waals surface area contributed by atoms with Crippen molar-refractivity contribution in [3.05, 3.63) is 18.0 Å². The minimum Gasteiger partial charge on any atom is -0.376 e. The molecular formula is C10H15N3O2. The van der Waals surface area contributed by atoms with Gasteiger partial charge in [0, 0.05) is 26.4 Å². The molecule has 0 saturated carbocycles. The highest BCUT2D eigenvalue weighted by atomic mass is 16.5. The molecule has 2 rings (SSSR count). The Morgan fingerprint density at radius 2 is 2.67 bits per heavy atom. The van der Waals surface area contributed by atoms with Gasteiger partial charge in [0.15, 0.2) is 0 Å². The van der Waals surface area contributed by atoms with Gasteiger partial charge in [-0.15, -0.1) is 0 Å². The molecule has 0 aromatic carbocycles. The lowest BCUT2D eigenvalue weighted by molar-refractivity contribution is 0.0857. The molecule has 1 atom stereocenters. The van der Waals surface area contributed by atoms with Crippen molar-refractivity contribution >= 4 is 5.91 Å². The van der Waals surface area contributed by atoms with Crippen molar-refractivity contribution in [3.8, 4) is 0 Å². The summed E-state index contributed by atoms with van der Waals surface area (Å²) < 4.78 is 7.02. The van der Waals surface area contributed by atoms with Crippen LogP contribution in [0.2, 0.25) is 0 Å². The zero-order valence-corrected chi connectivity index (χ0v) is 8.77. The molecule has 0 aliphatic carbocycles. The molecule has 0 bridgehead atoms. The first kappa shape index (κ1) is 10.2. The number of amides is 1. The Morgan fingerprint density at radius 3 is 3.27 bits per heavy atom. The Kier molecular flexibility index (Phi) is 3.01. The SMILES string of the molecule is Cn1cc(C(=O)NC[C@@H]2CCCO2)cn1. The molecule has 1 amide bonds. The normalized spacial score (nSPS) is 20.5. The van der Waals surface area contributed by atoms with Crippen LogP contribution >= 0.6 is 0 Å². The third-order valence-corrected chi connectivity index (χ3v) is 2.48. The molecular weight excluding hydrogens is 194 g/mol. The van der Waals surface area contributed by atoms with Gasteiger partial charge in [-0.3, -0.25) is 9.48 Å². The van der Waals surface area contributed by atoms with Crippen LogP contribution in [0.4, 0.5) is 0 Å². The molecule has 1 fully saturated rings. The Labute approximate surface area is 88.4 Å². The van der Waals surface area contributed by atoms with Crippen molar-refractivity contribution in [1.29, 1.82) is 0 Å². The fraction of sp³-hybridized carbons (Fsp3) is 0.600. The fourth-order valence-electron chi connectivity index (χ4n) is 1.65. The average molecular weight is 209 g/mol. The summed E-state index contributed by atoms with van der Waals surface area (Å²) in [6.45, 7) is 1.40. The van der Waals surface area contributed by atoms with Crippen molar-refractivity contribution in [2.75, 3.05) is 13.2 Å². The highest BCUT2D eigenvalue weighted by molar-refractivity contribution is 5.93. The number of aryl methyl sites for hydroxylation is 1. The molecule has 82 valence electrons. The molecule has 0 unspecified atom stereocenters. The molecule has 1 aliphatic rings. The van der Waals surface area contributed by atoms with Gasteiger partial charge in [0.25, 0.3) is 5.91 Å². The van der Waals surface area contributed by atoms with E-state index in [4.69, 9.17) is 4.74 Å². The lowest BCUT2D eigenvalue weighted by Crippen LogP contribution is -2.31. The second-order valence-electron chi connectivity index (χ2n) is 3.75. The van der Waals surface area contributed by atoms with E-state index in [9.17, 15) is 4.79 Å². The quantitative estimate of drug-likeness (QED) is 0.780. The molecule has 0 radical (unpaired) electrons. The molecule has 1 N–H and O–H groups in total. The van der Waals surface area contributed by atoms with Gasteiger partial charge in [-0.1, -0.05) is 0 Å². The van der Waals surface area contributed by atoms with Crippen LogP contribution in [0.5, 0.6) is 0 Å². The van der Waals surface area contributed by atoms with Crippen molar-refractivity contribution in [2.24, 2.45) is 7.05 Å². The Balaban J connectivity index is 1.81. The number of carbonyl (C=O) groups is 1. The minimum atomic E-state index is -0.0846. The Morgan fingerprint density at radius 1 is 1.80 bits per heavy atom. The molecule has 1 aromatic rings. The van der Waals surface area contributed by atoms with Crippen LogP contribution < -0.4 is 5.32 Å². The summed E-state index contributed by atoms with van der Waals surface area (Å²) in [6, 6.07) is 0. The molecule has 1 saturated heterocycles. The van der Waals surface area contributed by atoms with Gasteiger partial charge in [0.2, 0.25) is 0 Å². The van der Waals surface area contributed by atoms with Gasteiger partial charge >= 0.3 is 0 Å². The Bertz CT molecular complexity index is 342. The predicted molar refractivity (Wildman–Crippen MR) is 54.5 cm³/mol. The van der Waals surface area contributed by atoms with E-state index in [0.717, 1.165) is 19.4 Å². The first-order valence-corrected chi connectivity index (χ1v) is 5.14. The zero-order valence-electron chi connectivity index (χ0n) is 8.77. The van der Waals surface area contributed by atoms with Crippen LogP contribution in [0.1, 0.15) is 23.2 Å². The van der Waals surface area contributed by atoms with Crippen LogP contribution in [-0.2, 0) is 11.8 Å². The van der Waals surface area contributed by atoms with E-state index in [1.54, 1.807) is 24.1 Å². The van der Waals surface area contributed by atoms with Crippen molar-refractivity contribution in [2.45, 2.75) is 18.9 Å². The van der Waals surface area contributed by atoms with E-state index >= 15 is 0 Å².